The molecular weight excluding hydrogens is 307 g/mol. The number of aryl methyl sites for hydroxylation is 1. The van der Waals surface area contributed by atoms with Gasteiger partial charge in [-0.05, 0) is 18.1 Å². The quantitative estimate of drug-likeness (QED) is 0.805. The lowest BCUT2D eigenvalue weighted by molar-refractivity contribution is -0.275. The van der Waals surface area contributed by atoms with Crippen molar-refractivity contribution in [1.82, 2.24) is 0 Å². The molecule has 104 valence electrons. The van der Waals surface area contributed by atoms with Crippen LogP contribution in [0.4, 0.5) is 13.2 Å². The third kappa shape index (κ3) is 3.75. The van der Waals surface area contributed by atoms with Crippen LogP contribution in [0.2, 0.25) is 0 Å². The zero-order valence-electron chi connectivity index (χ0n) is 9.45. The third-order valence-electron chi connectivity index (χ3n) is 2.17. The van der Waals surface area contributed by atoms with Gasteiger partial charge in [-0.2, -0.15) is 5.26 Å². The van der Waals surface area contributed by atoms with Crippen molar-refractivity contribution in [3.8, 4) is 11.8 Å². The second kappa shape index (κ2) is 5.27. The number of nitriles is 1. The Labute approximate surface area is 111 Å². The molecule has 0 spiro atoms. The van der Waals surface area contributed by atoms with Crippen molar-refractivity contribution in [3.05, 3.63) is 23.3 Å². The molecule has 0 aliphatic rings. The molecule has 0 fully saturated rings. The fourth-order valence-electron chi connectivity index (χ4n) is 1.47. The maximum absolute atomic E-state index is 12.2. The summed E-state index contributed by atoms with van der Waals surface area (Å²) >= 11 is 0. The fraction of sp³-hybridized carbons (Fsp3) is 0.300. The molecule has 4 nitrogen and oxygen atoms in total. The van der Waals surface area contributed by atoms with Crippen LogP contribution in [0.1, 0.15) is 18.1 Å². The van der Waals surface area contributed by atoms with Crippen LogP contribution in [0.15, 0.2) is 17.0 Å². The Bertz CT molecular complexity index is 635. The standard InChI is InChI=1S/C10H7ClF3NO3S/c1-2-6-3-4-8(18-10(12,13)14)9(7(6)5-15)19(11,16)17/h3-4H,2H2,1H3. The van der Waals surface area contributed by atoms with Gasteiger partial charge in [-0.15, -0.1) is 13.2 Å². The zero-order chi connectivity index (χ0) is 14.8. The first-order valence-electron chi connectivity index (χ1n) is 4.86. The molecule has 0 radical (unpaired) electrons. The molecule has 0 unspecified atom stereocenters. The van der Waals surface area contributed by atoms with Gasteiger partial charge in [0.1, 0.15) is 11.0 Å². The van der Waals surface area contributed by atoms with Gasteiger partial charge in [-0.3, -0.25) is 0 Å². The third-order valence-corrected chi connectivity index (χ3v) is 3.53. The molecule has 9 heteroatoms. The average molecular weight is 314 g/mol. The zero-order valence-corrected chi connectivity index (χ0v) is 11.0. The van der Waals surface area contributed by atoms with Crippen LogP contribution in [0.3, 0.4) is 0 Å². The first-order chi connectivity index (χ1) is 8.60. The second-order valence-electron chi connectivity index (χ2n) is 3.38. The topological polar surface area (TPSA) is 67.2 Å². The van der Waals surface area contributed by atoms with E-state index in [0.29, 0.717) is 0 Å². The van der Waals surface area contributed by atoms with E-state index in [4.69, 9.17) is 15.9 Å². The van der Waals surface area contributed by atoms with Crippen LogP contribution in [0, 0.1) is 11.3 Å². The van der Waals surface area contributed by atoms with E-state index in [0.717, 1.165) is 6.07 Å². The minimum absolute atomic E-state index is 0.259. The molecule has 1 aromatic rings. The van der Waals surface area contributed by atoms with Crippen molar-refractivity contribution in [3.63, 3.8) is 0 Å². The highest BCUT2D eigenvalue weighted by atomic mass is 35.7. The van der Waals surface area contributed by atoms with E-state index in [1.165, 1.54) is 12.1 Å². The Morgan fingerprint density at radius 1 is 1.42 bits per heavy atom. The molecule has 0 amide bonds. The maximum atomic E-state index is 12.2. The number of ether oxygens (including phenoxy) is 1. The van der Waals surface area contributed by atoms with E-state index < -0.39 is 31.6 Å². The van der Waals surface area contributed by atoms with Crippen LogP contribution in [-0.2, 0) is 15.5 Å². The number of benzene rings is 1. The summed E-state index contributed by atoms with van der Waals surface area (Å²) < 4.78 is 62.8. The predicted octanol–water partition coefficient (Wildman–Crippen LogP) is 2.95. The van der Waals surface area contributed by atoms with Crippen LogP contribution in [0.25, 0.3) is 0 Å². The van der Waals surface area contributed by atoms with Gasteiger partial charge in [-0.25, -0.2) is 8.42 Å². The van der Waals surface area contributed by atoms with Gasteiger partial charge in [0.05, 0.1) is 5.56 Å². The van der Waals surface area contributed by atoms with Gasteiger partial charge >= 0.3 is 6.36 Å². The average Bonchev–Trinajstić information content (AvgIpc) is 2.24. The lowest BCUT2D eigenvalue weighted by Crippen LogP contribution is -2.19. The summed E-state index contributed by atoms with van der Waals surface area (Å²) in [5.41, 5.74) is -0.185. The summed E-state index contributed by atoms with van der Waals surface area (Å²) in [5.74, 6) is -1.02. The van der Waals surface area contributed by atoms with Gasteiger partial charge in [0.2, 0.25) is 0 Å². The van der Waals surface area contributed by atoms with Gasteiger partial charge < -0.3 is 4.74 Å². The molecule has 0 aliphatic carbocycles. The molecule has 0 saturated carbocycles. The van der Waals surface area contributed by atoms with Crippen LogP contribution >= 0.6 is 10.7 Å². The van der Waals surface area contributed by atoms with Crippen molar-refractivity contribution in [2.24, 2.45) is 0 Å². The normalized spacial score (nSPS) is 12.0. The molecule has 0 bridgehead atoms. The molecule has 0 saturated heterocycles. The van der Waals surface area contributed by atoms with Gasteiger partial charge in [0.25, 0.3) is 9.05 Å². The Balaban J connectivity index is 3.64. The fourth-order valence-corrected chi connectivity index (χ4v) is 2.70. The highest BCUT2D eigenvalue weighted by Crippen LogP contribution is 2.35. The number of halogens is 4. The van der Waals surface area contributed by atoms with E-state index in [9.17, 15) is 21.6 Å². The molecular formula is C10H7ClF3NO3S. The predicted molar refractivity (Wildman–Crippen MR) is 60.3 cm³/mol. The van der Waals surface area contributed by atoms with Crippen molar-refractivity contribution in [2.75, 3.05) is 0 Å². The monoisotopic (exact) mass is 313 g/mol. The first kappa shape index (κ1) is 15.6. The second-order valence-corrected chi connectivity index (χ2v) is 5.88. The number of hydrogen-bond acceptors (Lipinski definition) is 4. The molecule has 0 atom stereocenters. The Morgan fingerprint density at radius 3 is 2.37 bits per heavy atom. The van der Waals surface area contributed by atoms with Crippen molar-refractivity contribution < 1.29 is 26.3 Å². The smallest absolute Gasteiger partial charge is 0.404 e. The van der Waals surface area contributed by atoms with E-state index in [1.807, 2.05) is 0 Å². The summed E-state index contributed by atoms with van der Waals surface area (Å²) in [7, 11) is 0.523. The number of nitrogens with zero attached hydrogens (tertiary/aromatic N) is 1. The summed E-state index contributed by atoms with van der Waals surface area (Å²) in [6, 6.07) is 3.54. The Kier molecular flexibility index (Phi) is 4.32. The number of alkyl halides is 3. The summed E-state index contributed by atoms with van der Waals surface area (Å²) in [6.45, 7) is 1.62. The minimum Gasteiger partial charge on any atom is -0.404 e. The van der Waals surface area contributed by atoms with Crippen molar-refractivity contribution in [2.45, 2.75) is 24.6 Å². The number of hydrogen-bond donors (Lipinski definition) is 0. The van der Waals surface area contributed by atoms with Crippen molar-refractivity contribution in [1.29, 1.82) is 5.26 Å². The Morgan fingerprint density at radius 2 is 2.00 bits per heavy atom. The summed E-state index contributed by atoms with van der Waals surface area (Å²) in [6.07, 6.45) is -4.83. The van der Waals surface area contributed by atoms with E-state index in [-0.39, 0.29) is 12.0 Å². The molecule has 0 aliphatic heterocycles. The first-order valence-corrected chi connectivity index (χ1v) is 7.17. The lowest BCUT2D eigenvalue weighted by Gasteiger charge is -2.14. The molecule has 1 rings (SSSR count). The van der Waals surface area contributed by atoms with Crippen LogP contribution < -0.4 is 4.74 Å². The van der Waals surface area contributed by atoms with E-state index in [1.54, 1.807) is 6.92 Å². The van der Waals surface area contributed by atoms with E-state index in [2.05, 4.69) is 4.74 Å². The molecule has 0 aromatic heterocycles. The molecule has 0 N–H and O–H groups in total. The summed E-state index contributed by atoms with van der Waals surface area (Å²) in [4.78, 5) is -0.964. The highest BCUT2D eigenvalue weighted by molar-refractivity contribution is 8.13. The largest absolute Gasteiger partial charge is 0.573 e. The SMILES string of the molecule is CCc1ccc(OC(F)(F)F)c(S(=O)(=O)Cl)c1C#N. The molecule has 1 aromatic carbocycles. The number of rotatable bonds is 3. The van der Waals surface area contributed by atoms with Gasteiger partial charge in [0, 0.05) is 10.7 Å². The highest BCUT2D eigenvalue weighted by Gasteiger charge is 2.35. The Hall–Kier alpha value is -1.46. The molecule has 19 heavy (non-hydrogen) atoms. The van der Waals surface area contributed by atoms with Gasteiger partial charge in [-0.1, -0.05) is 13.0 Å². The van der Waals surface area contributed by atoms with Crippen LogP contribution in [0.5, 0.6) is 5.75 Å². The summed E-state index contributed by atoms with van der Waals surface area (Å²) in [5, 5.41) is 8.91. The maximum Gasteiger partial charge on any atom is 0.573 e. The molecule has 0 heterocycles. The van der Waals surface area contributed by atoms with Gasteiger partial charge in [0.15, 0.2) is 5.75 Å². The van der Waals surface area contributed by atoms with E-state index >= 15 is 0 Å². The van der Waals surface area contributed by atoms with Crippen LogP contribution in [-0.4, -0.2) is 14.8 Å². The lowest BCUT2D eigenvalue weighted by atomic mass is 10.1. The van der Waals surface area contributed by atoms with Crippen molar-refractivity contribution >= 4 is 19.7 Å². The minimum atomic E-state index is -5.09.